The highest BCUT2D eigenvalue weighted by Gasteiger charge is 2.16. The first kappa shape index (κ1) is 16.8. The number of methoxy groups -OCH3 is 1. The van der Waals surface area contributed by atoms with Crippen LogP contribution in [0.5, 0.6) is 0 Å². The standard InChI is InChI=1S/C13H16F2N2O4/c1-21-5-4-17(8-12(18)19)13(20)16-7-9-2-3-10(14)11(15)6-9/h2-3,6H,4-5,7-8H2,1H3,(H,16,20)(H,18,19). The Morgan fingerprint density at radius 1 is 1.33 bits per heavy atom. The molecule has 0 fully saturated rings. The van der Waals surface area contributed by atoms with E-state index in [2.05, 4.69) is 5.32 Å². The second kappa shape index (κ2) is 8.15. The van der Waals surface area contributed by atoms with E-state index >= 15 is 0 Å². The molecule has 2 N–H and O–H groups in total. The summed E-state index contributed by atoms with van der Waals surface area (Å²) in [5.74, 6) is -3.14. The molecular formula is C13H16F2N2O4. The summed E-state index contributed by atoms with van der Waals surface area (Å²) in [7, 11) is 1.43. The van der Waals surface area contributed by atoms with Crippen LogP contribution in [0.4, 0.5) is 13.6 Å². The number of ether oxygens (including phenoxy) is 1. The fraction of sp³-hybridized carbons (Fsp3) is 0.385. The maximum atomic E-state index is 13.0. The summed E-state index contributed by atoms with van der Waals surface area (Å²) in [4.78, 5) is 23.6. The summed E-state index contributed by atoms with van der Waals surface area (Å²) >= 11 is 0. The topological polar surface area (TPSA) is 78.9 Å². The van der Waals surface area contributed by atoms with Gasteiger partial charge in [0.05, 0.1) is 6.61 Å². The minimum absolute atomic E-state index is 0.0425. The number of urea groups is 1. The fourth-order valence-corrected chi connectivity index (χ4v) is 1.56. The lowest BCUT2D eigenvalue weighted by Gasteiger charge is -2.20. The molecule has 0 aliphatic carbocycles. The summed E-state index contributed by atoms with van der Waals surface area (Å²) in [6, 6.07) is 2.62. The number of aliphatic carboxylic acids is 1. The van der Waals surface area contributed by atoms with Gasteiger partial charge in [-0.1, -0.05) is 6.07 Å². The van der Waals surface area contributed by atoms with Gasteiger partial charge in [-0.2, -0.15) is 0 Å². The highest BCUT2D eigenvalue weighted by atomic mass is 19.2. The molecule has 21 heavy (non-hydrogen) atoms. The third-order valence-electron chi connectivity index (χ3n) is 2.61. The van der Waals surface area contributed by atoms with Crippen molar-refractivity contribution in [3.8, 4) is 0 Å². The van der Waals surface area contributed by atoms with Crippen molar-refractivity contribution in [3.05, 3.63) is 35.4 Å². The van der Waals surface area contributed by atoms with Crippen LogP contribution in [0.1, 0.15) is 5.56 Å². The quantitative estimate of drug-likeness (QED) is 0.793. The summed E-state index contributed by atoms with van der Waals surface area (Å²) in [6.07, 6.45) is 0. The number of carbonyl (C=O) groups excluding carboxylic acids is 1. The first-order valence-corrected chi connectivity index (χ1v) is 6.11. The first-order valence-electron chi connectivity index (χ1n) is 6.11. The summed E-state index contributed by atoms with van der Waals surface area (Å²) < 4.78 is 30.6. The van der Waals surface area contributed by atoms with Crippen LogP contribution in [0.3, 0.4) is 0 Å². The van der Waals surface area contributed by atoms with Crippen molar-refractivity contribution in [2.45, 2.75) is 6.54 Å². The largest absolute Gasteiger partial charge is 0.480 e. The van der Waals surface area contributed by atoms with Gasteiger partial charge in [-0.25, -0.2) is 13.6 Å². The smallest absolute Gasteiger partial charge is 0.323 e. The molecule has 1 rings (SSSR count). The molecule has 0 atom stereocenters. The molecule has 0 saturated carbocycles. The van der Waals surface area contributed by atoms with Crippen molar-refractivity contribution in [3.63, 3.8) is 0 Å². The van der Waals surface area contributed by atoms with Crippen molar-refractivity contribution in [2.75, 3.05) is 26.8 Å². The zero-order valence-corrected chi connectivity index (χ0v) is 11.4. The Morgan fingerprint density at radius 3 is 2.62 bits per heavy atom. The van der Waals surface area contributed by atoms with Gasteiger partial charge in [0.15, 0.2) is 11.6 Å². The van der Waals surface area contributed by atoms with E-state index in [1.54, 1.807) is 0 Å². The number of nitrogens with one attached hydrogen (secondary N) is 1. The molecule has 2 amide bonds. The number of amides is 2. The van der Waals surface area contributed by atoms with E-state index in [0.29, 0.717) is 5.56 Å². The van der Waals surface area contributed by atoms with Crippen LogP contribution in [0.2, 0.25) is 0 Å². The molecule has 116 valence electrons. The minimum Gasteiger partial charge on any atom is -0.480 e. The van der Waals surface area contributed by atoms with E-state index in [1.807, 2.05) is 0 Å². The van der Waals surface area contributed by atoms with E-state index in [4.69, 9.17) is 9.84 Å². The third kappa shape index (κ3) is 5.74. The molecule has 0 saturated heterocycles. The number of hydrogen-bond acceptors (Lipinski definition) is 3. The predicted molar refractivity (Wildman–Crippen MR) is 69.7 cm³/mol. The fourth-order valence-electron chi connectivity index (χ4n) is 1.56. The van der Waals surface area contributed by atoms with Gasteiger partial charge in [0.25, 0.3) is 0 Å². The van der Waals surface area contributed by atoms with Crippen molar-refractivity contribution < 1.29 is 28.2 Å². The Labute approximate surface area is 120 Å². The van der Waals surface area contributed by atoms with Crippen molar-refractivity contribution in [1.82, 2.24) is 10.2 Å². The number of nitrogens with zero attached hydrogens (tertiary/aromatic N) is 1. The molecule has 8 heteroatoms. The van der Waals surface area contributed by atoms with Crippen LogP contribution >= 0.6 is 0 Å². The van der Waals surface area contributed by atoms with Gasteiger partial charge >= 0.3 is 12.0 Å². The average Bonchev–Trinajstić information content (AvgIpc) is 2.44. The number of halogens is 2. The normalized spacial score (nSPS) is 10.2. The van der Waals surface area contributed by atoms with Crippen LogP contribution in [-0.2, 0) is 16.1 Å². The molecule has 0 aliphatic heterocycles. The minimum atomic E-state index is -1.16. The van der Waals surface area contributed by atoms with Crippen LogP contribution in [0.25, 0.3) is 0 Å². The van der Waals surface area contributed by atoms with E-state index in [-0.39, 0.29) is 19.7 Å². The van der Waals surface area contributed by atoms with Gasteiger partial charge in [-0.3, -0.25) is 4.79 Å². The SMILES string of the molecule is COCCN(CC(=O)O)C(=O)NCc1ccc(F)c(F)c1. The molecule has 6 nitrogen and oxygen atoms in total. The number of hydrogen-bond donors (Lipinski definition) is 2. The summed E-state index contributed by atoms with van der Waals surface area (Å²) in [6.45, 7) is -0.232. The second-order valence-electron chi connectivity index (χ2n) is 4.22. The monoisotopic (exact) mass is 302 g/mol. The van der Waals surface area contributed by atoms with Gasteiger partial charge in [0.2, 0.25) is 0 Å². The van der Waals surface area contributed by atoms with Crippen molar-refractivity contribution >= 4 is 12.0 Å². The molecule has 1 aromatic carbocycles. The molecule has 0 aromatic heterocycles. The zero-order valence-electron chi connectivity index (χ0n) is 11.4. The van der Waals surface area contributed by atoms with Crippen LogP contribution in [0, 0.1) is 11.6 Å². The number of carboxylic acid groups (broad SMARTS) is 1. The Morgan fingerprint density at radius 2 is 2.05 bits per heavy atom. The number of rotatable bonds is 7. The van der Waals surface area contributed by atoms with E-state index in [1.165, 1.54) is 13.2 Å². The van der Waals surface area contributed by atoms with Gasteiger partial charge in [-0.05, 0) is 17.7 Å². The van der Waals surface area contributed by atoms with Crippen LogP contribution in [0.15, 0.2) is 18.2 Å². The zero-order chi connectivity index (χ0) is 15.8. The Bertz CT molecular complexity index is 511. The average molecular weight is 302 g/mol. The second-order valence-corrected chi connectivity index (χ2v) is 4.22. The van der Waals surface area contributed by atoms with Crippen molar-refractivity contribution in [1.29, 1.82) is 0 Å². The Kier molecular flexibility index (Phi) is 6.54. The van der Waals surface area contributed by atoms with E-state index in [9.17, 15) is 18.4 Å². The molecule has 0 unspecified atom stereocenters. The third-order valence-corrected chi connectivity index (χ3v) is 2.61. The van der Waals surface area contributed by atoms with Gasteiger partial charge in [0, 0.05) is 20.2 Å². The molecule has 0 aliphatic rings. The highest BCUT2D eigenvalue weighted by molar-refractivity contribution is 5.80. The van der Waals surface area contributed by atoms with Gasteiger partial charge < -0.3 is 20.1 Å². The Hall–Kier alpha value is -2.22. The lowest BCUT2D eigenvalue weighted by atomic mass is 10.2. The molecule has 0 radical (unpaired) electrons. The molecule has 0 bridgehead atoms. The van der Waals surface area contributed by atoms with E-state index < -0.39 is 30.2 Å². The highest BCUT2D eigenvalue weighted by Crippen LogP contribution is 2.08. The first-order chi connectivity index (χ1) is 9.93. The lowest BCUT2D eigenvalue weighted by molar-refractivity contribution is -0.137. The van der Waals surface area contributed by atoms with Gasteiger partial charge in [-0.15, -0.1) is 0 Å². The lowest BCUT2D eigenvalue weighted by Crippen LogP contribution is -2.44. The van der Waals surface area contributed by atoms with Gasteiger partial charge in [0.1, 0.15) is 6.54 Å². The Balaban J connectivity index is 2.59. The predicted octanol–water partition coefficient (Wildman–Crippen LogP) is 1.21. The molecule has 0 heterocycles. The van der Waals surface area contributed by atoms with Crippen LogP contribution in [-0.4, -0.2) is 48.8 Å². The molecule has 1 aromatic rings. The number of benzene rings is 1. The number of carboxylic acids is 1. The summed E-state index contributed by atoms with van der Waals surface area (Å²) in [5, 5.41) is 11.2. The van der Waals surface area contributed by atoms with Crippen molar-refractivity contribution in [2.24, 2.45) is 0 Å². The number of carbonyl (C=O) groups is 2. The van der Waals surface area contributed by atoms with E-state index in [0.717, 1.165) is 17.0 Å². The maximum absolute atomic E-state index is 13.0. The maximum Gasteiger partial charge on any atom is 0.323 e. The molecular weight excluding hydrogens is 286 g/mol. The van der Waals surface area contributed by atoms with Crippen LogP contribution < -0.4 is 5.32 Å². The molecule has 0 spiro atoms. The summed E-state index contributed by atoms with van der Waals surface area (Å²) in [5.41, 5.74) is 0.365.